The monoisotopic (exact) mass is 769 g/mol. The van der Waals surface area contributed by atoms with Crippen LogP contribution in [0.1, 0.15) is 93.2 Å². The highest BCUT2D eigenvalue weighted by Crippen LogP contribution is 2.64. The van der Waals surface area contributed by atoms with E-state index in [-0.39, 0.29) is 42.2 Å². The van der Waals surface area contributed by atoms with E-state index in [9.17, 15) is 33.9 Å². The van der Waals surface area contributed by atoms with Gasteiger partial charge in [-0.25, -0.2) is 0 Å². The van der Waals surface area contributed by atoms with Gasteiger partial charge in [0.15, 0.2) is 12.2 Å². The summed E-state index contributed by atoms with van der Waals surface area (Å²) in [6.07, 6.45) is -7.25. The van der Waals surface area contributed by atoms with Gasteiger partial charge in [0.1, 0.15) is 29.7 Å². The van der Waals surface area contributed by atoms with Crippen LogP contribution in [0.2, 0.25) is 0 Å². The van der Waals surface area contributed by atoms with E-state index < -0.39 is 94.6 Å². The number of rotatable bonds is 10. The zero-order valence-electron chi connectivity index (χ0n) is 33.6. The van der Waals surface area contributed by atoms with Gasteiger partial charge in [0.25, 0.3) is 0 Å². The third-order valence-corrected chi connectivity index (χ3v) is 11.8. The molecule has 0 aromatic heterocycles. The van der Waals surface area contributed by atoms with Crippen molar-refractivity contribution in [1.29, 1.82) is 0 Å². The van der Waals surface area contributed by atoms with Crippen molar-refractivity contribution in [2.24, 2.45) is 22.7 Å². The maximum absolute atomic E-state index is 13.9. The summed E-state index contributed by atoms with van der Waals surface area (Å²) in [6.45, 7) is 16.8. The van der Waals surface area contributed by atoms with Crippen molar-refractivity contribution in [2.75, 3.05) is 14.1 Å². The first kappa shape index (κ1) is 43.2. The average Bonchev–Trinajstić information content (AvgIpc) is 3.06. The Morgan fingerprint density at radius 3 is 1.87 bits per heavy atom. The molecule has 0 unspecified atom stereocenters. The molecular weight excluding hydrogens is 714 g/mol. The summed E-state index contributed by atoms with van der Waals surface area (Å²) in [7, 11) is 3.68. The first-order valence-corrected chi connectivity index (χ1v) is 18.4. The van der Waals surface area contributed by atoms with Crippen LogP contribution in [0.25, 0.3) is 0 Å². The first-order valence-electron chi connectivity index (χ1n) is 18.4. The van der Waals surface area contributed by atoms with Gasteiger partial charge in [-0.2, -0.15) is 0 Å². The van der Waals surface area contributed by atoms with Crippen molar-refractivity contribution in [1.82, 2.24) is 4.90 Å². The molecule has 3 aliphatic carbocycles. The summed E-state index contributed by atoms with van der Waals surface area (Å²) in [4.78, 5) is 80.5. The van der Waals surface area contributed by atoms with Crippen molar-refractivity contribution >= 4 is 35.8 Å². The van der Waals surface area contributed by atoms with Gasteiger partial charge in [-0.1, -0.05) is 57.7 Å². The molecule has 14 heteroatoms. The normalized spacial score (nSPS) is 31.8. The maximum Gasteiger partial charge on any atom is 0.308 e. The van der Waals surface area contributed by atoms with Crippen LogP contribution in [0.3, 0.4) is 0 Å². The molecule has 0 amide bonds. The van der Waals surface area contributed by atoms with Gasteiger partial charge in [-0.15, -0.1) is 0 Å². The molecule has 10 atom stereocenters. The van der Waals surface area contributed by atoms with Gasteiger partial charge < -0.3 is 38.4 Å². The van der Waals surface area contributed by atoms with Gasteiger partial charge in [-0.05, 0) is 32.2 Å². The van der Waals surface area contributed by atoms with Crippen molar-refractivity contribution in [3.63, 3.8) is 0 Å². The summed E-state index contributed by atoms with van der Waals surface area (Å²) in [5.41, 5.74) is -4.07. The summed E-state index contributed by atoms with van der Waals surface area (Å²) in [5.74, 6) is -6.45. The van der Waals surface area contributed by atoms with Gasteiger partial charge in [-0.3, -0.25) is 28.8 Å². The van der Waals surface area contributed by atoms with Crippen LogP contribution in [-0.4, -0.2) is 96.0 Å². The van der Waals surface area contributed by atoms with Crippen LogP contribution in [-0.2, 0) is 57.2 Å². The van der Waals surface area contributed by atoms with E-state index in [1.165, 1.54) is 27.7 Å². The number of allylic oxidation sites excluding steroid dienone is 1. The van der Waals surface area contributed by atoms with Crippen LogP contribution in [0.15, 0.2) is 53.8 Å². The summed E-state index contributed by atoms with van der Waals surface area (Å²) in [6, 6.07) is 9.06. The molecule has 1 N–H and O–H groups in total. The molecule has 0 aliphatic heterocycles. The van der Waals surface area contributed by atoms with E-state index in [1.807, 2.05) is 49.3 Å². The Morgan fingerprint density at radius 1 is 0.818 bits per heavy atom. The topological polar surface area (TPSA) is 181 Å². The number of carbonyl (C=O) groups is 6. The number of aliphatic hydroxyl groups is 1. The van der Waals surface area contributed by atoms with Crippen molar-refractivity contribution in [3.05, 3.63) is 59.4 Å². The highest BCUT2D eigenvalue weighted by Gasteiger charge is 2.73. The fourth-order valence-electron chi connectivity index (χ4n) is 9.26. The second-order valence-corrected chi connectivity index (χ2v) is 15.9. The Balaban J connectivity index is 2.02. The van der Waals surface area contributed by atoms with E-state index >= 15 is 0 Å². The van der Waals surface area contributed by atoms with Crippen LogP contribution >= 0.6 is 0 Å². The highest BCUT2D eigenvalue weighted by molar-refractivity contribution is 5.72. The van der Waals surface area contributed by atoms with Crippen LogP contribution < -0.4 is 0 Å². The third kappa shape index (κ3) is 8.21. The van der Waals surface area contributed by atoms with E-state index in [0.29, 0.717) is 0 Å². The lowest BCUT2D eigenvalue weighted by molar-refractivity contribution is -0.278. The van der Waals surface area contributed by atoms with Gasteiger partial charge in [0.2, 0.25) is 0 Å². The van der Waals surface area contributed by atoms with Crippen LogP contribution in [0, 0.1) is 22.7 Å². The van der Waals surface area contributed by atoms with Crippen molar-refractivity contribution in [2.45, 2.75) is 124 Å². The van der Waals surface area contributed by atoms with E-state index in [4.69, 9.17) is 28.4 Å². The number of esters is 6. The largest absolute Gasteiger partial charge is 0.462 e. The van der Waals surface area contributed by atoms with E-state index in [2.05, 4.69) is 6.58 Å². The fraction of sp³-hybridized carbons (Fsp3) is 0.610. The lowest BCUT2D eigenvalue weighted by Crippen LogP contribution is -2.75. The first-order chi connectivity index (χ1) is 25.5. The number of fused-ring (bicyclic) bond motifs is 3. The Bertz CT molecular complexity index is 1730. The predicted molar refractivity (Wildman–Crippen MR) is 196 cm³/mol. The molecule has 0 heterocycles. The van der Waals surface area contributed by atoms with E-state index in [1.54, 1.807) is 20.8 Å². The zero-order valence-corrected chi connectivity index (χ0v) is 33.6. The molecule has 55 heavy (non-hydrogen) atoms. The lowest BCUT2D eigenvalue weighted by Gasteiger charge is -2.64. The standard InChI is InChI=1S/C41H55NO13/c1-21-31(55-34(48)19-30(42(11)12)28-16-14-13-15-17-28)20-33(51-24(4)44)40(10)35(21)36(52-25(5)45)29-18-32(50-23(3)43)22(2)41(49,39(29,8)9)38(54-27(7)47)37(40)53-26(6)46/h13-17,29-31,33,35-38,49H,1,18-20H2,2-12H3/t29-,30-,31-,33-,35-,36+,37-,38-,40+,41-/m0/s1. The van der Waals surface area contributed by atoms with E-state index in [0.717, 1.165) is 19.4 Å². The number of carbonyl (C=O) groups excluding carboxylic acids is 6. The smallest absolute Gasteiger partial charge is 0.308 e. The van der Waals surface area contributed by atoms with Crippen molar-refractivity contribution in [3.8, 4) is 0 Å². The quantitative estimate of drug-likeness (QED) is 0.199. The minimum Gasteiger partial charge on any atom is -0.462 e. The molecule has 1 aromatic rings. The second kappa shape index (κ2) is 16.3. The number of nitrogens with zero attached hydrogens (tertiary/aromatic N) is 1. The molecule has 0 saturated heterocycles. The third-order valence-electron chi connectivity index (χ3n) is 11.8. The molecule has 14 nitrogen and oxygen atoms in total. The molecule has 3 aliphatic rings. The minimum atomic E-state index is -2.25. The molecule has 2 bridgehead atoms. The Morgan fingerprint density at radius 2 is 1.36 bits per heavy atom. The molecule has 2 saturated carbocycles. The molecule has 302 valence electrons. The number of ether oxygens (including phenoxy) is 6. The summed E-state index contributed by atoms with van der Waals surface area (Å²) >= 11 is 0. The molecular formula is C41H55NO13. The van der Waals surface area contributed by atoms with Gasteiger partial charge in [0.05, 0.1) is 11.8 Å². The Labute approximate surface area is 322 Å². The Kier molecular flexibility index (Phi) is 12.8. The summed E-state index contributed by atoms with van der Waals surface area (Å²) in [5, 5.41) is 13.2. The number of hydrogen-bond acceptors (Lipinski definition) is 14. The zero-order chi connectivity index (χ0) is 41.4. The van der Waals surface area contributed by atoms with Gasteiger partial charge in [0, 0.05) is 76.3 Å². The average molecular weight is 770 g/mol. The SMILES string of the molecule is C=C1[C@@H](OC(=O)C[C@@H](c2ccccc2)N(C)C)C[C@H](OC(C)=O)[C@@]2(C)[C@@H](OC(C)=O)[C@H](OC(C)=O)[C@@]3(O)C(C)=C(OC(C)=O)C[C@@H]([C@@H](OC(C)=O)[C@H]12)C3(C)C. The predicted octanol–water partition coefficient (Wildman–Crippen LogP) is 4.53. The molecule has 4 rings (SSSR count). The Hall–Kier alpha value is -4.56. The molecule has 2 fully saturated rings. The molecule has 0 radical (unpaired) electrons. The van der Waals surface area contributed by atoms with Gasteiger partial charge >= 0.3 is 35.8 Å². The second-order valence-electron chi connectivity index (χ2n) is 15.9. The van der Waals surface area contributed by atoms with Crippen LogP contribution in [0.5, 0.6) is 0 Å². The molecule has 1 aromatic carbocycles. The summed E-state index contributed by atoms with van der Waals surface area (Å²) < 4.78 is 36.2. The number of benzene rings is 1. The lowest BCUT2D eigenvalue weighted by atomic mass is 9.45. The number of hydrogen-bond donors (Lipinski definition) is 1. The fourth-order valence-corrected chi connectivity index (χ4v) is 9.26. The van der Waals surface area contributed by atoms with Crippen LogP contribution in [0.4, 0.5) is 0 Å². The molecule has 0 spiro atoms. The van der Waals surface area contributed by atoms with Crippen molar-refractivity contribution < 1.29 is 62.3 Å². The minimum absolute atomic E-state index is 0.0374. The highest BCUT2D eigenvalue weighted by atomic mass is 16.6. The maximum atomic E-state index is 13.9.